The van der Waals surface area contributed by atoms with Gasteiger partial charge in [0.05, 0.1) is 0 Å². The molecule has 6 heteroatoms. The summed E-state index contributed by atoms with van der Waals surface area (Å²) in [5.41, 5.74) is 0.643. The van der Waals surface area contributed by atoms with Gasteiger partial charge in [0.1, 0.15) is 0 Å². The van der Waals surface area contributed by atoms with Crippen LogP contribution in [0.1, 0.15) is 35.6 Å². The molecule has 0 atom stereocenters. The third-order valence-corrected chi connectivity index (χ3v) is 3.06. The fourth-order valence-electron chi connectivity index (χ4n) is 2.08. The second kappa shape index (κ2) is 4.29. The molecule has 1 aliphatic rings. The predicted octanol–water partition coefficient (Wildman–Crippen LogP) is 0.235. The monoisotopic (exact) mass is 237 g/mol. The average Bonchev–Trinajstić information content (AvgIpc) is 2.26. The number of nitrogens with zero attached hydrogens (tertiary/aromatic N) is 2. The average molecular weight is 237 g/mol. The minimum absolute atomic E-state index is 0.117. The molecule has 0 amide bonds. The first kappa shape index (κ1) is 11.8. The second-order valence-corrected chi connectivity index (χ2v) is 4.47. The molecule has 1 aromatic heterocycles. The Labute approximate surface area is 98.3 Å². The smallest absolute Gasteiger partial charge is 0.355 e. The number of aromatic nitrogens is 2. The van der Waals surface area contributed by atoms with E-state index in [-0.39, 0.29) is 5.69 Å². The maximum atomic E-state index is 11.2. The van der Waals surface area contributed by atoms with Crippen LogP contribution in [0.5, 0.6) is 0 Å². The van der Waals surface area contributed by atoms with Crippen molar-refractivity contribution in [3.63, 3.8) is 0 Å². The summed E-state index contributed by atoms with van der Waals surface area (Å²) < 4.78 is 0. The van der Waals surface area contributed by atoms with Gasteiger partial charge >= 0.3 is 11.7 Å². The van der Waals surface area contributed by atoms with E-state index in [0.717, 1.165) is 6.54 Å². The fourth-order valence-corrected chi connectivity index (χ4v) is 2.08. The van der Waals surface area contributed by atoms with Crippen molar-refractivity contribution in [2.45, 2.75) is 32.9 Å². The van der Waals surface area contributed by atoms with Gasteiger partial charge in [0.15, 0.2) is 5.69 Å². The third kappa shape index (κ3) is 2.21. The number of carboxylic acid groups (broad SMARTS) is 1. The molecule has 0 radical (unpaired) electrons. The van der Waals surface area contributed by atoms with Gasteiger partial charge in [-0.15, -0.1) is 0 Å². The Hall–Kier alpha value is -1.69. The van der Waals surface area contributed by atoms with Crippen LogP contribution >= 0.6 is 0 Å². The van der Waals surface area contributed by atoms with Crippen molar-refractivity contribution >= 4 is 5.97 Å². The molecule has 0 unspecified atom stereocenters. The fraction of sp³-hybridized carbons (Fsp3) is 0.545. The van der Waals surface area contributed by atoms with E-state index < -0.39 is 11.7 Å². The quantitative estimate of drug-likeness (QED) is 0.769. The van der Waals surface area contributed by atoms with Gasteiger partial charge in [0, 0.05) is 36.8 Å². The zero-order chi connectivity index (χ0) is 12.6. The Bertz CT molecular complexity index is 507. The van der Waals surface area contributed by atoms with Crippen LogP contribution in [-0.4, -0.2) is 38.5 Å². The number of fused-ring (bicyclic) bond motifs is 1. The Kier molecular flexibility index (Phi) is 2.97. The molecule has 0 saturated carbocycles. The Morgan fingerprint density at radius 1 is 1.53 bits per heavy atom. The molecule has 0 aliphatic carbocycles. The molecular weight excluding hydrogens is 222 g/mol. The van der Waals surface area contributed by atoms with Crippen LogP contribution < -0.4 is 5.69 Å². The molecule has 17 heavy (non-hydrogen) atoms. The number of H-pyrrole nitrogens is 1. The summed E-state index contributed by atoms with van der Waals surface area (Å²) in [6.07, 6.45) is 0.658. The SMILES string of the molecule is CC(C)N1CCc2[nH]c(=O)nc(C(=O)O)c2C1. The third-order valence-electron chi connectivity index (χ3n) is 3.06. The first-order valence-corrected chi connectivity index (χ1v) is 5.58. The van der Waals surface area contributed by atoms with Crippen molar-refractivity contribution in [2.75, 3.05) is 6.54 Å². The van der Waals surface area contributed by atoms with Crippen molar-refractivity contribution in [2.24, 2.45) is 0 Å². The number of carbonyl (C=O) groups is 1. The maximum absolute atomic E-state index is 11.2. The highest BCUT2D eigenvalue weighted by molar-refractivity contribution is 5.87. The molecule has 2 rings (SSSR count). The standard InChI is InChI=1S/C11H15N3O3/c1-6(2)14-4-3-8-7(5-14)9(10(15)16)13-11(17)12-8/h6H,3-5H2,1-2H3,(H,15,16)(H,12,13,17). The van der Waals surface area contributed by atoms with E-state index in [2.05, 4.69) is 28.7 Å². The molecular formula is C11H15N3O3. The lowest BCUT2D eigenvalue weighted by Gasteiger charge is -2.31. The van der Waals surface area contributed by atoms with Crippen LogP contribution in [0, 0.1) is 0 Å². The van der Waals surface area contributed by atoms with E-state index in [1.54, 1.807) is 0 Å². The van der Waals surface area contributed by atoms with Gasteiger partial charge in [-0.1, -0.05) is 0 Å². The van der Waals surface area contributed by atoms with Crippen molar-refractivity contribution < 1.29 is 9.90 Å². The van der Waals surface area contributed by atoms with E-state index >= 15 is 0 Å². The lowest BCUT2D eigenvalue weighted by Crippen LogP contribution is -2.39. The Morgan fingerprint density at radius 2 is 2.24 bits per heavy atom. The highest BCUT2D eigenvalue weighted by Crippen LogP contribution is 2.20. The number of carboxylic acids is 1. The molecule has 0 saturated heterocycles. The molecule has 1 aliphatic heterocycles. The maximum Gasteiger partial charge on any atom is 0.355 e. The summed E-state index contributed by atoms with van der Waals surface area (Å²) in [6.45, 7) is 5.47. The summed E-state index contributed by atoms with van der Waals surface area (Å²) in [5.74, 6) is -1.14. The zero-order valence-electron chi connectivity index (χ0n) is 9.86. The molecule has 0 fully saturated rings. The predicted molar refractivity (Wildman–Crippen MR) is 61.1 cm³/mol. The van der Waals surface area contributed by atoms with Crippen LogP contribution in [0.3, 0.4) is 0 Å². The van der Waals surface area contributed by atoms with E-state index in [9.17, 15) is 9.59 Å². The number of hydrogen-bond donors (Lipinski definition) is 2. The van der Waals surface area contributed by atoms with E-state index in [1.165, 1.54) is 0 Å². The second-order valence-electron chi connectivity index (χ2n) is 4.47. The Balaban J connectivity index is 2.48. The minimum Gasteiger partial charge on any atom is -0.476 e. The summed E-state index contributed by atoms with van der Waals surface area (Å²) in [7, 11) is 0. The minimum atomic E-state index is -1.14. The molecule has 0 spiro atoms. The lowest BCUT2D eigenvalue weighted by atomic mass is 10.0. The van der Waals surface area contributed by atoms with Crippen LogP contribution in [0.4, 0.5) is 0 Å². The van der Waals surface area contributed by atoms with Crippen LogP contribution in [0.15, 0.2) is 4.79 Å². The van der Waals surface area contributed by atoms with Crippen LogP contribution in [0.25, 0.3) is 0 Å². The zero-order valence-corrected chi connectivity index (χ0v) is 9.86. The number of rotatable bonds is 2. The van der Waals surface area contributed by atoms with E-state index in [1.807, 2.05) is 0 Å². The molecule has 1 aromatic rings. The first-order chi connectivity index (χ1) is 7.99. The van der Waals surface area contributed by atoms with Gasteiger partial charge in [-0.25, -0.2) is 9.59 Å². The van der Waals surface area contributed by atoms with E-state index in [0.29, 0.717) is 30.3 Å². The van der Waals surface area contributed by atoms with Crippen LogP contribution in [0.2, 0.25) is 0 Å². The van der Waals surface area contributed by atoms with Gasteiger partial charge in [-0.3, -0.25) is 4.90 Å². The first-order valence-electron chi connectivity index (χ1n) is 5.58. The van der Waals surface area contributed by atoms with Crippen LogP contribution in [-0.2, 0) is 13.0 Å². The molecule has 2 heterocycles. The van der Waals surface area contributed by atoms with Crippen molar-refractivity contribution in [3.8, 4) is 0 Å². The summed E-state index contributed by atoms with van der Waals surface area (Å²) in [5, 5.41) is 9.06. The highest BCUT2D eigenvalue weighted by Gasteiger charge is 2.25. The topological polar surface area (TPSA) is 86.3 Å². The molecule has 2 N–H and O–H groups in total. The van der Waals surface area contributed by atoms with Gasteiger partial charge < -0.3 is 10.1 Å². The molecule has 6 nitrogen and oxygen atoms in total. The Morgan fingerprint density at radius 3 is 2.82 bits per heavy atom. The molecule has 0 aromatic carbocycles. The van der Waals surface area contributed by atoms with E-state index in [4.69, 9.17) is 5.11 Å². The normalized spacial score (nSPS) is 15.9. The summed E-state index contributed by atoms with van der Waals surface area (Å²) >= 11 is 0. The lowest BCUT2D eigenvalue weighted by molar-refractivity contribution is 0.0684. The number of hydrogen-bond acceptors (Lipinski definition) is 4. The largest absolute Gasteiger partial charge is 0.476 e. The summed E-state index contributed by atoms with van der Waals surface area (Å²) in [4.78, 5) is 30.6. The van der Waals surface area contributed by atoms with Gasteiger partial charge in [-0.2, -0.15) is 4.98 Å². The molecule has 92 valence electrons. The molecule has 0 bridgehead atoms. The highest BCUT2D eigenvalue weighted by atomic mass is 16.4. The van der Waals surface area contributed by atoms with Crippen molar-refractivity contribution in [1.82, 2.24) is 14.9 Å². The number of aromatic amines is 1. The van der Waals surface area contributed by atoms with Gasteiger partial charge in [0.25, 0.3) is 0 Å². The van der Waals surface area contributed by atoms with Gasteiger partial charge in [0.2, 0.25) is 0 Å². The van der Waals surface area contributed by atoms with Gasteiger partial charge in [-0.05, 0) is 13.8 Å². The number of aromatic carboxylic acids is 1. The van der Waals surface area contributed by atoms with Crippen molar-refractivity contribution in [3.05, 3.63) is 27.4 Å². The van der Waals surface area contributed by atoms with Crippen molar-refractivity contribution in [1.29, 1.82) is 0 Å². The number of nitrogens with one attached hydrogen (secondary N) is 1. The summed E-state index contributed by atoms with van der Waals surface area (Å²) in [6, 6.07) is 0.344.